The van der Waals surface area contributed by atoms with Gasteiger partial charge in [0.2, 0.25) is 5.75 Å². The van der Waals surface area contributed by atoms with Gasteiger partial charge in [0.1, 0.15) is 10.9 Å². The molecule has 0 atom stereocenters. The number of nitro groups is 1. The van der Waals surface area contributed by atoms with Crippen LogP contribution in [0.3, 0.4) is 0 Å². The number of halogens is 2. The number of hydrogen-bond acceptors (Lipinski definition) is 6. The Morgan fingerprint density at radius 1 is 1.50 bits per heavy atom. The molecule has 1 heterocycles. The van der Waals surface area contributed by atoms with Gasteiger partial charge in [-0.05, 0) is 6.07 Å². The molecule has 9 heteroatoms. The Kier molecular flexibility index (Phi) is 4.64. The topological polar surface area (TPSA) is 74.5 Å². The third-order valence-electron chi connectivity index (χ3n) is 2.31. The number of nitro benzene ring substituents is 1. The van der Waals surface area contributed by atoms with E-state index >= 15 is 0 Å². The second kappa shape index (κ2) is 6.25. The lowest BCUT2D eigenvalue weighted by molar-refractivity contribution is -0.385. The summed E-state index contributed by atoms with van der Waals surface area (Å²) in [6, 6.07) is 4.18. The van der Waals surface area contributed by atoms with Gasteiger partial charge in [-0.3, -0.25) is 10.1 Å². The quantitative estimate of drug-likeness (QED) is 0.464. The summed E-state index contributed by atoms with van der Waals surface area (Å²) in [5, 5.41) is 11.4. The highest BCUT2D eigenvalue weighted by Gasteiger charge is 2.19. The molecule has 0 amide bonds. The summed E-state index contributed by atoms with van der Waals surface area (Å²) in [5.41, 5.74) is -0.190. The van der Waals surface area contributed by atoms with Crippen LogP contribution in [0.25, 0.3) is 0 Å². The van der Waals surface area contributed by atoms with E-state index < -0.39 is 4.92 Å². The van der Waals surface area contributed by atoms with Crippen LogP contribution in [0.1, 0.15) is 4.88 Å². The molecule has 0 spiro atoms. The van der Waals surface area contributed by atoms with Crippen LogP contribution >= 0.6 is 34.5 Å². The first-order valence-electron chi connectivity index (χ1n) is 5.26. The minimum absolute atomic E-state index is 0.0286. The van der Waals surface area contributed by atoms with Crippen molar-refractivity contribution in [3.05, 3.63) is 38.3 Å². The maximum absolute atomic E-state index is 11.0. The van der Waals surface area contributed by atoms with Crippen LogP contribution in [0.4, 0.5) is 5.69 Å². The molecule has 0 saturated carbocycles. The van der Waals surface area contributed by atoms with E-state index in [1.54, 1.807) is 0 Å². The predicted molar refractivity (Wildman–Crippen MR) is 76.4 cm³/mol. The van der Waals surface area contributed by atoms with Crippen molar-refractivity contribution < 1.29 is 14.4 Å². The van der Waals surface area contributed by atoms with Crippen molar-refractivity contribution in [3.63, 3.8) is 0 Å². The Balaban J connectivity index is 2.37. The number of nitrogens with zero attached hydrogens (tertiary/aromatic N) is 2. The molecule has 106 valence electrons. The summed E-state index contributed by atoms with van der Waals surface area (Å²) in [6.07, 6.45) is 0. The molecule has 0 aliphatic carbocycles. The van der Waals surface area contributed by atoms with Crippen molar-refractivity contribution in [3.8, 4) is 16.7 Å². The molecule has 0 fully saturated rings. The van der Waals surface area contributed by atoms with Gasteiger partial charge in [0.15, 0.2) is 0 Å². The molecular weight excluding hydrogens is 327 g/mol. The van der Waals surface area contributed by atoms with Gasteiger partial charge >= 0.3 is 5.69 Å². The third-order valence-corrected chi connectivity index (χ3v) is 4.10. The van der Waals surface area contributed by atoms with E-state index in [2.05, 4.69) is 4.98 Å². The van der Waals surface area contributed by atoms with Crippen LogP contribution in [-0.2, 0) is 5.88 Å². The lowest BCUT2D eigenvalue weighted by atomic mass is 10.3. The van der Waals surface area contributed by atoms with E-state index in [0.29, 0.717) is 10.6 Å². The number of ether oxygens (including phenoxy) is 2. The van der Waals surface area contributed by atoms with Crippen LogP contribution in [0.2, 0.25) is 5.15 Å². The zero-order valence-electron chi connectivity index (χ0n) is 10.1. The fraction of sp³-hybridized carbons (Fsp3) is 0.182. The Hall–Kier alpha value is -1.57. The Labute approximate surface area is 128 Å². The standard InChI is InChI=1S/C11H8Cl2N2O4S/c1-18-6-2-3-7(15(16)17)8(4-6)19-11-14-10(13)9(5-12)20-11/h2-4H,5H2,1H3. The number of thiazole rings is 1. The molecule has 0 aliphatic heterocycles. The first-order chi connectivity index (χ1) is 9.55. The number of hydrogen-bond donors (Lipinski definition) is 0. The summed E-state index contributed by atoms with van der Waals surface area (Å²) < 4.78 is 10.4. The lowest BCUT2D eigenvalue weighted by Gasteiger charge is -2.05. The van der Waals surface area contributed by atoms with Crippen molar-refractivity contribution in [2.75, 3.05) is 7.11 Å². The van der Waals surface area contributed by atoms with Gasteiger partial charge in [-0.25, -0.2) is 0 Å². The number of alkyl halides is 1. The molecule has 6 nitrogen and oxygen atoms in total. The number of rotatable bonds is 5. The fourth-order valence-electron chi connectivity index (χ4n) is 1.39. The molecule has 0 saturated heterocycles. The average molecular weight is 335 g/mol. The van der Waals surface area contributed by atoms with E-state index in [1.165, 1.54) is 25.3 Å². The van der Waals surface area contributed by atoms with Gasteiger partial charge < -0.3 is 9.47 Å². The summed E-state index contributed by atoms with van der Waals surface area (Å²) in [7, 11) is 1.46. The number of benzene rings is 1. The van der Waals surface area contributed by atoms with Gasteiger partial charge in [-0.15, -0.1) is 11.6 Å². The van der Waals surface area contributed by atoms with Crippen LogP contribution in [0.5, 0.6) is 16.7 Å². The molecule has 1 aromatic heterocycles. The van der Waals surface area contributed by atoms with Crippen molar-refractivity contribution in [2.45, 2.75) is 5.88 Å². The van der Waals surface area contributed by atoms with Gasteiger partial charge in [-0.1, -0.05) is 22.9 Å². The molecular formula is C11H8Cl2N2O4S. The average Bonchev–Trinajstić information content (AvgIpc) is 2.78. The minimum atomic E-state index is -0.549. The first kappa shape index (κ1) is 14.8. The van der Waals surface area contributed by atoms with Gasteiger partial charge in [0.05, 0.1) is 22.8 Å². The van der Waals surface area contributed by atoms with Crippen molar-refractivity contribution in [1.82, 2.24) is 4.98 Å². The highest BCUT2D eigenvalue weighted by atomic mass is 35.5. The summed E-state index contributed by atoms with van der Waals surface area (Å²) in [6.45, 7) is 0. The maximum atomic E-state index is 11.0. The van der Waals surface area contributed by atoms with Crippen molar-refractivity contribution in [2.24, 2.45) is 0 Å². The first-order valence-corrected chi connectivity index (χ1v) is 6.99. The molecule has 0 radical (unpaired) electrons. The van der Waals surface area contributed by atoms with E-state index in [0.717, 1.165) is 11.3 Å². The molecule has 2 rings (SSSR count). The van der Waals surface area contributed by atoms with Gasteiger partial charge in [0, 0.05) is 12.1 Å². The lowest BCUT2D eigenvalue weighted by Crippen LogP contribution is -1.94. The Morgan fingerprint density at radius 3 is 2.80 bits per heavy atom. The molecule has 0 N–H and O–H groups in total. The van der Waals surface area contributed by atoms with Crippen molar-refractivity contribution >= 4 is 40.2 Å². The SMILES string of the molecule is COc1ccc([N+](=O)[O-])c(Oc2nc(Cl)c(CCl)s2)c1. The predicted octanol–water partition coefficient (Wildman–Crippen LogP) is 4.24. The van der Waals surface area contributed by atoms with Crippen LogP contribution in [0.15, 0.2) is 18.2 Å². The van der Waals surface area contributed by atoms with Crippen LogP contribution in [-0.4, -0.2) is 17.0 Å². The molecule has 20 heavy (non-hydrogen) atoms. The molecule has 0 unspecified atom stereocenters. The zero-order chi connectivity index (χ0) is 14.7. The normalized spacial score (nSPS) is 10.3. The van der Waals surface area contributed by atoms with Crippen LogP contribution < -0.4 is 9.47 Å². The minimum Gasteiger partial charge on any atom is -0.497 e. The Morgan fingerprint density at radius 2 is 2.25 bits per heavy atom. The second-order valence-corrected chi connectivity index (χ2v) is 5.19. The van der Waals surface area contributed by atoms with E-state index in [9.17, 15) is 10.1 Å². The van der Waals surface area contributed by atoms with Crippen LogP contribution in [0, 0.1) is 10.1 Å². The number of aromatic nitrogens is 1. The summed E-state index contributed by atoms with van der Waals surface area (Å²) in [4.78, 5) is 15.0. The van der Waals surface area contributed by atoms with Gasteiger partial charge in [0.25, 0.3) is 5.19 Å². The Bertz CT molecular complexity index is 647. The van der Waals surface area contributed by atoms with Crippen molar-refractivity contribution in [1.29, 1.82) is 0 Å². The largest absolute Gasteiger partial charge is 0.497 e. The molecule has 0 aliphatic rings. The van der Waals surface area contributed by atoms with Gasteiger partial charge in [-0.2, -0.15) is 4.98 Å². The molecule has 2 aromatic rings. The van der Waals surface area contributed by atoms with E-state index in [-0.39, 0.29) is 27.7 Å². The van der Waals surface area contributed by atoms with E-state index in [4.69, 9.17) is 32.7 Å². The van der Waals surface area contributed by atoms with E-state index in [1.807, 2.05) is 0 Å². The highest BCUT2D eigenvalue weighted by Crippen LogP contribution is 2.38. The summed E-state index contributed by atoms with van der Waals surface area (Å²) in [5.74, 6) is 0.659. The maximum Gasteiger partial charge on any atom is 0.311 e. The third kappa shape index (κ3) is 3.12. The summed E-state index contributed by atoms with van der Waals surface area (Å²) >= 11 is 12.7. The number of methoxy groups -OCH3 is 1. The fourth-order valence-corrected chi connectivity index (χ4v) is 2.72. The zero-order valence-corrected chi connectivity index (χ0v) is 12.5. The molecule has 0 bridgehead atoms. The second-order valence-electron chi connectivity index (χ2n) is 3.52. The molecule has 1 aromatic carbocycles. The smallest absolute Gasteiger partial charge is 0.311 e. The monoisotopic (exact) mass is 334 g/mol. The highest BCUT2D eigenvalue weighted by molar-refractivity contribution is 7.14.